The van der Waals surface area contributed by atoms with Crippen LogP contribution in [-0.2, 0) is 9.63 Å². The first-order chi connectivity index (χ1) is 11.1. The van der Waals surface area contributed by atoms with Crippen molar-refractivity contribution in [2.24, 2.45) is 5.92 Å². The summed E-state index contributed by atoms with van der Waals surface area (Å²) in [7, 11) is 1.63. The van der Waals surface area contributed by atoms with Crippen LogP contribution in [0.3, 0.4) is 0 Å². The van der Waals surface area contributed by atoms with Crippen molar-refractivity contribution in [1.29, 1.82) is 0 Å². The van der Waals surface area contributed by atoms with Gasteiger partial charge in [-0.15, -0.1) is 0 Å². The van der Waals surface area contributed by atoms with E-state index in [0.29, 0.717) is 5.88 Å². The van der Waals surface area contributed by atoms with Gasteiger partial charge in [0, 0.05) is 12.6 Å². The maximum Gasteiger partial charge on any atom is 0.255 e. The summed E-state index contributed by atoms with van der Waals surface area (Å²) in [5.74, 6) is -0.0485. The van der Waals surface area contributed by atoms with Crippen LogP contribution in [0.15, 0.2) is 36.2 Å². The highest BCUT2D eigenvalue weighted by atomic mass is 16.7. The first-order valence-electron chi connectivity index (χ1n) is 8.22. The minimum atomic E-state index is -0.991. The molecule has 2 rings (SSSR count). The maximum atomic E-state index is 12.4. The smallest absolute Gasteiger partial charge is 0.255 e. The van der Waals surface area contributed by atoms with E-state index in [1.54, 1.807) is 7.05 Å². The van der Waals surface area contributed by atoms with Crippen LogP contribution in [0, 0.1) is 5.92 Å². The molecule has 5 nitrogen and oxygen atoms in total. The molecule has 1 aliphatic carbocycles. The van der Waals surface area contributed by atoms with Crippen LogP contribution in [0.25, 0.3) is 5.57 Å². The fourth-order valence-corrected chi connectivity index (χ4v) is 2.97. The third-order valence-electron chi connectivity index (χ3n) is 4.35. The summed E-state index contributed by atoms with van der Waals surface area (Å²) in [5.41, 5.74) is 4.33. The Bertz CT molecular complexity index is 536. The minimum absolute atomic E-state index is 0.0385. The Hall–Kier alpha value is -1.85. The van der Waals surface area contributed by atoms with Crippen LogP contribution >= 0.6 is 0 Å². The molecule has 1 atom stereocenters. The van der Waals surface area contributed by atoms with Crippen molar-refractivity contribution >= 4 is 11.5 Å². The number of aliphatic hydroxyl groups excluding tert-OH is 1. The summed E-state index contributed by atoms with van der Waals surface area (Å²) in [5, 5.41) is 13.0. The summed E-state index contributed by atoms with van der Waals surface area (Å²) >= 11 is 0. The quantitative estimate of drug-likeness (QED) is 0.557. The zero-order chi connectivity index (χ0) is 16.7. The Labute approximate surface area is 137 Å². The molecule has 126 valence electrons. The van der Waals surface area contributed by atoms with E-state index in [-0.39, 0.29) is 5.92 Å². The molecule has 0 spiro atoms. The fourth-order valence-electron chi connectivity index (χ4n) is 2.97. The lowest BCUT2D eigenvalue weighted by molar-refractivity contribution is -0.133. The predicted octanol–water partition coefficient (Wildman–Crippen LogP) is 2.58. The van der Waals surface area contributed by atoms with Crippen LogP contribution < -0.4 is 10.8 Å². The van der Waals surface area contributed by atoms with E-state index in [2.05, 4.69) is 10.8 Å². The number of hydrogen-bond acceptors (Lipinski definition) is 4. The van der Waals surface area contributed by atoms with E-state index in [9.17, 15) is 9.90 Å². The second-order valence-corrected chi connectivity index (χ2v) is 5.96. The second-order valence-electron chi connectivity index (χ2n) is 5.96. The zero-order valence-corrected chi connectivity index (χ0v) is 13.8. The monoisotopic (exact) mass is 318 g/mol. The van der Waals surface area contributed by atoms with Gasteiger partial charge in [-0.1, -0.05) is 49.6 Å². The van der Waals surface area contributed by atoms with E-state index < -0.39 is 12.0 Å². The van der Waals surface area contributed by atoms with Crippen LogP contribution in [0.2, 0.25) is 0 Å². The van der Waals surface area contributed by atoms with Gasteiger partial charge in [0.15, 0.2) is 0 Å². The summed E-state index contributed by atoms with van der Waals surface area (Å²) in [6.45, 7) is 1.87. The van der Waals surface area contributed by atoms with E-state index >= 15 is 0 Å². The number of rotatable bonds is 6. The molecule has 1 aliphatic rings. The molecule has 23 heavy (non-hydrogen) atoms. The molecule has 1 aromatic rings. The zero-order valence-electron chi connectivity index (χ0n) is 13.8. The minimum Gasteiger partial charge on any atom is -0.390 e. The Morgan fingerprint density at radius 1 is 1.22 bits per heavy atom. The van der Waals surface area contributed by atoms with Crippen LogP contribution in [-0.4, -0.2) is 24.2 Å². The van der Waals surface area contributed by atoms with Gasteiger partial charge in [0.25, 0.3) is 5.91 Å². The molecule has 0 bridgehead atoms. The molecule has 0 radical (unpaired) electrons. The number of aliphatic hydroxyl groups is 1. The Balaban J connectivity index is 2.10. The summed E-state index contributed by atoms with van der Waals surface area (Å²) in [6, 6.07) is 9.67. The average Bonchev–Trinajstić information content (AvgIpc) is 2.61. The number of carbonyl (C=O) groups is 1. The molecule has 1 aromatic carbocycles. The fraction of sp³-hybridized carbons (Fsp3) is 0.500. The molecule has 0 heterocycles. The lowest BCUT2D eigenvalue weighted by atomic mass is 9.85. The van der Waals surface area contributed by atoms with Crippen LogP contribution in [0.1, 0.15) is 44.6 Å². The number of nitrogens with one attached hydrogen (secondary N) is 2. The number of hydroxylamine groups is 1. The van der Waals surface area contributed by atoms with Crippen molar-refractivity contribution in [3.05, 3.63) is 41.8 Å². The largest absolute Gasteiger partial charge is 0.390 e. The second kappa shape index (κ2) is 8.70. The standard InChI is InChI=1S/C18H26N2O3/c1-13(14-9-5-3-6-10-14)18(23-19-2)20-17(22)16(21)15-11-7-4-8-12-15/h3,5-6,9-10,15-16,19,21H,4,7-8,11-12H2,1-2H3,(H,20,22)/b18-13+. The molecular formula is C18H26N2O3. The van der Waals surface area contributed by atoms with Crippen molar-refractivity contribution in [2.75, 3.05) is 7.05 Å². The third-order valence-corrected chi connectivity index (χ3v) is 4.35. The SMILES string of the molecule is CNO/C(NC(=O)C(O)C1CCCCC1)=C(\C)c1ccccc1. The van der Waals surface area contributed by atoms with E-state index in [4.69, 9.17) is 4.84 Å². The number of hydrogen-bond donors (Lipinski definition) is 3. The molecule has 0 saturated heterocycles. The van der Waals surface area contributed by atoms with Gasteiger partial charge in [-0.05, 0) is 31.2 Å². The van der Waals surface area contributed by atoms with E-state index in [0.717, 1.165) is 36.8 Å². The average molecular weight is 318 g/mol. The van der Waals surface area contributed by atoms with E-state index in [1.165, 1.54) is 6.42 Å². The van der Waals surface area contributed by atoms with Crippen molar-refractivity contribution in [2.45, 2.75) is 45.1 Å². The van der Waals surface area contributed by atoms with Gasteiger partial charge in [0.2, 0.25) is 5.88 Å². The number of benzene rings is 1. The molecular weight excluding hydrogens is 292 g/mol. The van der Waals surface area contributed by atoms with Gasteiger partial charge in [-0.3, -0.25) is 10.1 Å². The lowest BCUT2D eigenvalue weighted by Gasteiger charge is -2.26. The highest BCUT2D eigenvalue weighted by Crippen LogP contribution is 2.27. The van der Waals surface area contributed by atoms with Gasteiger partial charge in [-0.2, -0.15) is 5.48 Å². The van der Waals surface area contributed by atoms with Crippen LogP contribution in [0.5, 0.6) is 0 Å². The molecule has 1 saturated carbocycles. The number of allylic oxidation sites excluding steroid dienone is 1. The van der Waals surface area contributed by atoms with Crippen molar-refractivity contribution in [3.63, 3.8) is 0 Å². The Morgan fingerprint density at radius 3 is 2.48 bits per heavy atom. The van der Waals surface area contributed by atoms with E-state index in [1.807, 2.05) is 37.3 Å². The highest BCUT2D eigenvalue weighted by Gasteiger charge is 2.28. The lowest BCUT2D eigenvalue weighted by Crippen LogP contribution is -2.41. The summed E-state index contributed by atoms with van der Waals surface area (Å²) in [6.07, 6.45) is 4.15. The number of carbonyl (C=O) groups excluding carboxylic acids is 1. The van der Waals surface area contributed by atoms with Crippen molar-refractivity contribution < 1.29 is 14.7 Å². The van der Waals surface area contributed by atoms with Gasteiger partial charge in [0.05, 0.1) is 0 Å². The maximum absolute atomic E-state index is 12.4. The molecule has 0 aromatic heterocycles. The molecule has 3 N–H and O–H groups in total. The predicted molar refractivity (Wildman–Crippen MR) is 89.9 cm³/mol. The summed E-state index contributed by atoms with van der Waals surface area (Å²) < 4.78 is 0. The molecule has 5 heteroatoms. The molecule has 0 aliphatic heterocycles. The van der Waals surface area contributed by atoms with Gasteiger partial charge in [0.1, 0.15) is 6.10 Å². The third kappa shape index (κ3) is 4.81. The first kappa shape index (κ1) is 17.5. The summed E-state index contributed by atoms with van der Waals surface area (Å²) in [4.78, 5) is 17.7. The van der Waals surface area contributed by atoms with Gasteiger partial charge in [-0.25, -0.2) is 0 Å². The molecule has 1 unspecified atom stereocenters. The Morgan fingerprint density at radius 2 is 1.87 bits per heavy atom. The van der Waals surface area contributed by atoms with Gasteiger partial charge < -0.3 is 9.94 Å². The normalized spacial score (nSPS) is 18.0. The van der Waals surface area contributed by atoms with Gasteiger partial charge >= 0.3 is 0 Å². The van der Waals surface area contributed by atoms with Crippen LogP contribution in [0.4, 0.5) is 0 Å². The Kier molecular flexibility index (Phi) is 6.62. The highest BCUT2D eigenvalue weighted by molar-refractivity contribution is 5.84. The molecule has 1 amide bonds. The first-order valence-corrected chi connectivity index (χ1v) is 8.22. The van der Waals surface area contributed by atoms with Crippen molar-refractivity contribution in [1.82, 2.24) is 10.8 Å². The number of amides is 1. The molecule has 1 fully saturated rings. The van der Waals surface area contributed by atoms with Crippen molar-refractivity contribution in [3.8, 4) is 0 Å². The topological polar surface area (TPSA) is 70.6 Å².